The molecule has 0 saturated carbocycles. The van der Waals surface area contributed by atoms with Gasteiger partial charge in [-0.25, -0.2) is 9.97 Å². The molecule has 0 aliphatic carbocycles. The highest BCUT2D eigenvalue weighted by Gasteiger charge is 2.12. The summed E-state index contributed by atoms with van der Waals surface area (Å²) in [7, 11) is 0. The number of rotatable bonds is 6. The van der Waals surface area contributed by atoms with Crippen molar-refractivity contribution >= 4 is 11.6 Å². The summed E-state index contributed by atoms with van der Waals surface area (Å²) in [5.74, 6) is 2.53. The second kappa shape index (κ2) is 6.81. The quantitative estimate of drug-likeness (QED) is 0.889. The molecule has 6 heteroatoms. The Hall–Kier alpha value is -1.46. The smallest absolute Gasteiger partial charge is 0.155 e. The van der Waals surface area contributed by atoms with Gasteiger partial charge in [-0.15, -0.1) is 5.10 Å². The van der Waals surface area contributed by atoms with Crippen LogP contribution in [0, 0.1) is 0 Å². The van der Waals surface area contributed by atoms with E-state index in [1.165, 1.54) is 0 Å². The van der Waals surface area contributed by atoms with Gasteiger partial charge in [0.2, 0.25) is 0 Å². The van der Waals surface area contributed by atoms with Crippen molar-refractivity contribution in [3.05, 3.63) is 34.5 Å². The number of hydrogen-bond acceptors (Lipinski definition) is 4. The zero-order valence-corrected chi connectivity index (χ0v) is 12.9. The van der Waals surface area contributed by atoms with Crippen LogP contribution in [0.3, 0.4) is 0 Å². The molecule has 0 saturated heterocycles. The van der Waals surface area contributed by atoms with Crippen molar-refractivity contribution in [3.63, 3.8) is 0 Å². The van der Waals surface area contributed by atoms with E-state index in [-0.39, 0.29) is 0 Å². The Kier molecular flexibility index (Phi) is 5.09. The summed E-state index contributed by atoms with van der Waals surface area (Å²) in [4.78, 5) is 8.88. The van der Waals surface area contributed by atoms with Gasteiger partial charge in [-0.3, -0.25) is 0 Å². The van der Waals surface area contributed by atoms with Gasteiger partial charge < -0.3 is 5.32 Å². The topological polar surface area (TPSA) is 55.6 Å². The molecule has 5 nitrogen and oxygen atoms in total. The molecule has 2 heterocycles. The molecule has 0 aliphatic rings. The Morgan fingerprint density at radius 1 is 1.25 bits per heavy atom. The molecule has 2 aromatic heterocycles. The maximum absolute atomic E-state index is 6.18. The molecule has 2 rings (SSSR count). The predicted molar refractivity (Wildman–Crippen MR) is 80.3 cm³/mol. The number of aromatic nitrogens is 4. The third-order valence-corrected chi connectivity index (χ3v) is 3.39. The first-order valence-corrected chi connectivity index (χ1v) is 7.37. The van der Waals surface area contributed by atoms with Crippen molar-refractivity contribution in [2.24, 2.45) is 0 Å². The molecule has 0 atom stereocenters. The number of aryl methyl sites for hydroxylation is 2. The molecule has 0 amide bonds. The van der Waals surface area contributed by atoms with Gasteiger partial charge in [-0.2, -0.15) is 4.68 Å². The van der Waals surface area contributed by atoms with E-state index in [1.807, 2.05) is 17.7 Å². The third kappa shape index (κ3) is 3.16. The molecule has 0 bridgehead atoms. The molecular weight excluding hydrogens is 274 g/mol. The van der Waals surface area contributed by atoms with Gasteiger partial charge in [0.15, 0.2) is 11.6 Å². The van der Waals surface area contributed by atoms with E-state index in [0.717, 1.165) is 49.0 Å². The van der Waals surface area contributed by atoms with Crippen LogP contribution in [0.5, 0.6) is 0 Å². The fourth-order valence-electron chi connectivity index (χ4n) is 1.93. The van der Waals surface area contributed by atoms with E-state index in [9.17, 15) is 0 Å². The first-order chi connectivity index (χ1) is 9.69. The van der Waals surface area contributed by atoms with Gasteiger partial charge in [-0.1, -0.05) is 32.4 Å². The van der Waals surface area contributed by atoms with Crippen molar-refractivity contribution in [1.29, 1.82) is 0 Å². The van der Waals surface area contributed by atoms with Gasteiger partial charge in [-0.05, 0) is 18.2 Å². The normalized spacial score (nSPS) is 11.0. The van der Waals surface area contributed by atoms with Crippen molar-refractivity contribution in [3.8, 4) is 5.82 Å². The van der Waals surface area contributed by atoms with Crippen molar-refractivity contribution < 1.29 is 0 Å². The second-order valence-corrected chi connectivity index (χ2v) is 4.88. The van der Waals surface area contributed by atoms with Crippen LogP contribution in [-0.2, 0) is 19.4 Å². The number of nitrogens with one attached hydrogen (secondary N) is 1. The summed E-state index contributed by atoms with van der Waals surface area (Å²) in [5, 5.41) is 8.44. The molecule has 0 fully saturated rings. The lowest BCUT2D eigenvalue weighted by Gasteiger charge is -2.08. The van der Waals surface area contributed by atoms with E-state index in [4.69, 9.17) is 11.6 Å². The fourth-order valence-corrected chi connectivity index (χ4v) is 2.10. The Morgan fingerprint density at radius 3 is 2.70 bits per heavy atom. The van der Waals surface area contributed by atoms with Gasteiger partial charge >= 0.3 is 0 Å². The van der Waals surface area contributed by atoms with Crippen LogP contribution in [0.4, 0.5) is 0 Å². The highest BCUT2D eigenvalue weighted by molar-refractivity contribution is 6.31. The predicted octanol–water partition coefficient (Wildman–Crippen LogP) is 2.55. The standard InChI is InChI=1S/C14H20ClN5/c1-4-12-18-13(5-2)20(19-12)14-7-10(8-16-6-3)11(15)9-17-14/h7,9,16H,4-6,8H2,1-3H3. The summed E-state index contributed by atoms with van der Waals surface area (Å²) in [6.45, 7) is 7.80. The molecule has 20 heavy (non-hydrogen) atoms. The zero-order valence-electron chi connectivity index (χ0n) is 12.1. The largest absolute Gasteiger partial charge is 0.313 e. The summed E-state index contributed by atoms with van der Waals surface area (Å²) < 4.78 is 1.81. The SMILES string of the molecule is CCNCc1cc(-n2nc(CC)nc2CC)ncc1Cl. The number of nitrogens with zero attached hydrogens (tertiary/aromatic N) is 4. The van der Waals surface area contributed by atoms with Crippen molar-refractivity contribution in [1.82, 2.24) is 25.1 Å². The molecule has 2 aromatic rings. The molecular formula is C14H20ClN5. The number of hydrogen-bond donors (Lipinski definition) is 1. The van der Waals surface area contributed by atoms with Gasteiger partial charge in [0.05, 0.1) is 5.02 Å². The first kappa shape index (κ1) is 14.9. The molecule has 0 spiro atoms. The Bertz CT molecular complexity index is 579. The van der Waals surface area contributed by atoms with Crippen LogP contribution >= 0.6 is 11.6 Å². The second-order valence-electron chi connectivity index (χ2n) is 4.48. The highest BCUT2D eigenvalue weighted by Crippen LogP contribution is 2.18. The summed E-state index contributed by atoms with van der Waals surface area (Å²) in [5.41, 5.74) is 1.02. The molecule has 108 valence electrons. The van der Waals surface area contributed by atoms with Gasteiger partial charge in [0, 0.05) is 25.6 Å². The Morgan fingerprint density at radius 2 is 2.05 bits per heavy atom. The first-order valence-electron chi connectivity index (χ1n) is 6.99. The molecule has 0 unspecified atom stereocenters. The van der Waals surface area contributed by atoms with Crippen LogP contribution in [0.2, 0.25) is 5.02 Å². The van der Waals surface area contributed by atoms with Crippen molar-refractivity contribution in [2.45, 2.75) is 40.2 Å². The highest BCUT2D eigenvalue weighted by atomic mass is 35.5. The van der Waals surface area contributed by atoms with Crippen LogP contribution < -0.4 is 5.32 Å². The third-order valence-electron chi connectivity index (χ3n) is 3.05. The van der Waals surface area contributed by atoms with E-state index < -0.39 is 0 Å². The fraction of sp³-hybridized carbons (Fsp3) is 0.500. The van der Waals surface area contributed by atoms with E-state index in [0.29, 0.717) is 5.02 Å². The van der Waals surface area contributed by atoms with E-state index >= 15 is 0 Å². The number of halogens is 1. The maximum atomic E-state index is 6.18. The molecule has 0 aromatic carbocycles. The van der Waals surface area contributed by atoms with Crippen LogP contribution in [0.1, 0.15) is 38.0 Å². The Labute approximate surface area is 124 Å². The number of pyridine rings is 1. The van der Waals surface area contributed by atoms with Crippen LogP contribution in [-0.4, -0.2) is 26.3 Å². The molecule has 0 aliphatic heterocycles. The Balaban J connectivity index is 2.39. The van der Waals surface area contributed by atoms with E-state index in [2.05, 4.69) is 34.2 Å². The molecule has 0 radical (unpaired) electrons. The maximum Gasteiger partial charge on any atom is 0.155 e. The van der Waals surface area contributed by atoms with Crippen LogP contribution in [0.15, 0.2) is 12.3 Å². The zero-order chi connectivity index (χ0) is 14.5. The minimum absolute atomic E-state index is 0.670. The summed E-state index contributed by atoms with van der Waals surface area (Å²) in [6, 6.07) is 1.97. The molecule has 1 N–H and O–H groups in total. The van der Waals surface area contributed by atoms with Crippen molar-refractivity contribution in [2.75, 3.05) is 6.54 Å². The minimum Gasteiger partial charge on any atom is -0.313 e. The summed E-state index contributed by atoms with van der Waals surface area (Å²) >= 11 is 6.18. The van der Waals surface area contributed by atoms with Crippen LogP contribution in [0.25, 0.3) is 5.82 Å². The lowest BCUT2D eigenvalue weighted by molar-refractivity contribution is 0.719. The average molecular weight is 294 g/mol. The van der Waals surface area contributed by atoms with E-state index in [1.54, 1.807) is 6.20 Å². The van der Waals surface area contributed by atoms with Gasteiger partial charge in [0.1, 0.15) is 5.82 Å². The summed E-state index contributed by atoms with van der Waals surface area (Å²) in [6.07, 6.45) is 3.31. The average Bonchev–Trinajstić information content (AvgIpc) is 2.90. The minimum atomic E-state index is 0.670. The van der Waals surface area contributed by atoms with Gasteiger partial charge in [0.25, 0.3) is 0 Å². The monoisotopic (exact) mass is 293 g/mol. The lowest BCUT2D eigenvalue weighted by atomic mass is 10.2. The lowest BCUT2D eigenvalue weighted by Crippen LogP contribution is -2.13.